The van der Waals surface area contributed by atoms with E-state index in [1.165, 1.54) is 4.31 Å². The van der Waals surface area contributed by atoms with Crippen LogP contribution in [0.25, 0.3) is 0 Å². The summed E-state index contributed by atoms with van der Waals surface area (Å²) in [5.74, 6) is -0.512. The van der Waals surface area contributed by atoms with Crippen LogP contribution < -0.4 is 10.2 Å². The SMILES string of the molecule is CCC(C)(C)NC(=O)C1CCCN(S(=O)(=O)c2ccc3c(c2)C(C)(C)C(=O)N3C)C1. The van der Waals surface area contributed by atoms with Crippen LogP contribution in [0.4, 0.5) is 5.69 Å². The van der Waals surface area contributed by atoms with Crippen molar-refractivity contribution < 1.29 is 18.0 Å². The molecule has 30 heavy (non-hydrogen) atoms. The van der Waals surface area contributed by atoms with Crippen LogP contribution in [0.5, 0.6) is 0 Å². The van der Waals surface area contributed by atoms with Crippen molar-refractivity contribution in [2.75, 3.05) is 25.0 Å². The highest BCUT2D eigenvalue weighted by molar-refractivity contribution is 7.89. The van der Waals surface area contributed by atoms with Gasteiger partial charge in [-0.15, -0.1) is 0 Å². The molecule has 0 saturated carbocycles. The molecule has 1 N–H and O–H groups in total. The second kappa shape index (κ2) is 7.64. The van der Waals surface area contributed by atoms with E-state index in [0.717, 1.165) is 12.1 Å². The van der Waals surface area contributed by atoms with Gasteiger partial charge in [0.05, 0.1) is 16.2 Å². The lowest BCUT2D eigenvalue weighted by atomic mass is 9.86. The third kappa shape index (κ3) is 3.87. The number of likely N-dealkylation sites (N-methyl/N-ethyl adjacent to an activating group) is 1. The lowest BCUT2D eigenvalue weighted by Gasteiger charge is -2.34. The highest BCUT2D eigenvalue weighted by Gasteiger charge is 2.43. The van der Waals surface area contributed by atoms with Crippen molar-refractivity contribution in [2.45, 2.75) is 69.7 Å². The molecule has 2 heterocycles. The number of sulfonamides is 1. The normalized spacial score (nSPS) is 22.1. The molecule has 1 saturated heterocycles. The third-order valence-corrected chi connectivity index (χ3v) is 8.44. The highest BCUT2D eigenvalue weighted by Crippen LogP contribution is 2.42. The number of fused-ring (bicyclic) bond motifs is 1. The van der Waals surface area contributed by atoms with Gasteiger partial charge in [-0.2, -0.15) is 4.31 Å². The molecule has 3 rings (SSSR count). The summed E-state index contributed by atoms with van der Waals surface area (Å²) in [5.41, 5.74) is 0.363. The highest BCUT2D eigenvalue weighted by atomic mass is 32.2. The molecule has 1 atom stereocenters. The van der Waals surface area contributed by atoms with Crippen LogP contribution in [0, 0.1) is 5.92 Å². The Morgan fingerprint density at radius 2 is 1.97 bits per heavy atom. The third-order valence-electron chi connectivity index (χ3n) is 6.58. The van der Waals surface area contributed by atoms with Gasteiger partial charge < -0.3 is 10.2 Å². The van der Waals surface area contributed by atoms with Gasteiger partial charge in [-0.25, -0.2) is 8.42 Å². The van der Waals surface area contributed by atoms with E-state index in [-0.39, 0.29) is 34.7 Å². The number of carbonyl (C=O) groups is 2. The van der Waals surface area contributed by atoms with Crippen LogP contribution in [-0.4, -0.2) is 50.2 Å². The summed E-state index contributed by atoms with van der Waals surface area (Å²) in [5, 5.41) is 3.04. The minimum atomic E-state index is -3.76. The second-order valence-electron chi connectivity index (χ2n) is 9.60. The molecule has 1 aromatic rings. The van der Waals surface area contributed by atoms with Crippen LogP contribution in [0.15, 0.2) is 23.1 Å². The number of nitrogens with zero attached hydrogens (tertiary/aromatic N) is 2. The Kier molecular flexibility index (Phi) is 5.79. The van der Waals surface area contributed by atoms with E-state index in [4.69, 9.17) is 0 Å². The smallest absolute Gasteiger partial charge is 0.243 e. The molecule has 1 aromatic carbocycles. The fraction of sp³-hybridized carbons (Fsp3) is 0.636. The molecule has 8 heteroatoms. The van der Waals surface area contributed by atoms with Crippen molar-refractivity contribution in [3.63, 3.8) is 0 Å². The van der Waals surface area contributed by atoms with Crippen molar-refractivity contribution in [3.05, 3.63) is 23.8 Å². The van der Waals surface area contributed by atoms with E-state index in [0.29, 0.717) is 24.9 Å². The molecule has 0 radical (unpaired) electrons. The number of rotatable bonds is 5. The second-order valence-corrected chi connectivity index (χ2v) is 11.5. The Bertz CT molecular complexity index is 969. The van der Waals surface area contributed by atoms with Crippen LogP contribution in [0.1, 0.15) is 59.4 Å². The van der Waals surface area contributed by atoms with E-state index < -0.39 is 15.4 Å². The number of hydrogen-bond acceptors (Lipinski definition) is 4. The molecule has 2 aliphatic rings. The molecule has 1 fully saturated rings. The molecular formula is C22H33N3O4S. The average molecular weight is 436 g/mol. The molecule has 0 aliphatic carbocycles. The van der Waals surface area contributed by atoms with Crippen LogP contribution in [0.3, 0.4) is 0 Å². The van der Waals surface area contributed by atoms with Gasteiger partial charge in [0.25, 0.3) is 0 Å². The van der Waals surface area contributed by atoms with Gasteiger partial charge in [0.2, 0.25) is 21.8 Å². The molecule has 7 nitrogen and oxygen atoms in total. The Morgan fingerprint density at radius 1 is 1.30 bits per heavy atom. The first-order chi connectivity index (χ1) is 13.8. The summed E-state index contributed by atoms with van der Waals surface area (Å²) in [6, 6.07) is 4.88. The number of carbonyl (C=O) groups excluding carboxylic acids is 2. The van der Waals surface area contributed by atoms with Gasteiger partial charge >= 0.3 is 0 Å². The number of piperidine rings is 1. The van der Waals surface area contributed by atoms with Crippen LogP contribution >= 0.6 is 0 Å². The lowest BCUT2D eigenvalue weighted by Crippen LogP contribution is -2.50. The summed E-state index contributed by atoms with van der Waals surface area (Å²) in [6.07, 6.45) is 2.11. The average Bonchev–Trinajstić information content (AvgIpc) is 2.88. The van der Waals surface area contributed by atoms with Gasteiger partial charge in [0.15, 0.2) is 0 Å². The molecule has 0 bridgehead atoms. The zero-order chi connectivity index (χ0) is 22.5. The lowest BCUT2D eigenvalue weighted by molar-refractivity contribution is -0.127. The number of benzene rings is 1. The molecule has 0 aromatic heterocycles. The summed E-state index contributed by atoms with van der Waals surface area (Å²) in [6.45, 7) is 10.1. The maximum atomic E-state index is 13.4. The Hall–Kier alpha value is -1.93. The van der Waals surface area contributed by atoms with E-state index >= 15 is 0 Å². The van der Waals surface area contributed by atoms with Crippen molar-refractivity contribution in [2.24, 2.45) is 5.92 Å². The molecular weight excluding hydrogens is 402 g/mol. The quantitative estimate of drug-likeness (QED) is 0.770. The number of hydrogen-bond donors (Lipinski definition) is 1. The van der Waals surface area contributed by atoms with Gasteiger partial charge in [-0.05, 0) is 70.7 Å². The minimum Gasteiger partial charge on any atom is -0.351 e. The summed E-state index contributed by atoms with van der Waals surface area (Å²) >= 11 is 0. The number of anilines is 1. The molecule has 1 unspecified atom stereocenters. The van der Waals surface area contributed by atoms with Crippen molar-refractivity contribution in [1.82, 2.24) is 9.62 Å². The van der Waals surface area contributed by atoms with Gasteiger partial charge in [-0.3, -0.25) is 9.59 Å². The van der Waals surface area contributed by atoms with Gasteiger partial charge in [-0.1, -0.05) is 6.92 Å². The molecule has 166 valence electrons. The van der Waals surface area contributed by atoms with E-state index in [1.54, 1.807) is 30.1 Å². The van der Waals surface area contributed by atoms with Crippen molar-refractivity contribution in [3.8, 4) is 0 Å². The Labute approximate surface area is 179 Å². The number of nitrogens with one attached hydrogen (secondary N) is 1. The van der Waals surface area contributed by atoms with Crippen molar-refractivity contribution in [1.29, 1.82) is 0 Å². The number of amides is 2. The Balaban J connectivity index is 1.85. The van der Waals surface area contributed by atoms with Gasteiger partial charge in [0.1, 0.15) is 0 Å². The molecule has 0 spiro atoms. The summed E-state index contributed by atoms with van der Waals surface area (Å²) in [4.78, 5) is 27.0. The maximum absolute atomic E-state index is 13.4. The van der Waals surface area contributed by atoms with E-state index in [1.807, 2.05) is 34.6 Å². The standard InChI is InChI=1S/C22H33N3O4S/c1-7-21(2,3)23-19(26)15-9-8-12-25(14-15)30(28,29)16-10-11-18-17(13-16)22(4,5)20(27)24(18)6/h10-11,13,15H,7-9,12,14H2,1-6H3,(H,23,26). The fourth-order valence-corrected chi connectivity index (χ4v) is 5.71. The summed E-state index contributed by atoms with van der Waals surface area (Å²) in [7, 11) is -2.06. The Morgan fingerprint density at radius 3 is 2.60 bits per heavy atom. The van der Waals surface area contributed by atoms with Crippen LogP contribution in [-0.2, 0) is 25.0 Å². The van der Waals surface area contributed by atoms with E-state index in [2.05, 4.69) is 5.32 Å². The first-order valence-corrected chi connectivity index (χ1v) is 12.0. The monoisotopic (exact) mass is 435 g/mol. The molecule has 2 amide bonds. The van der Waals surface area contributed by atoms with E-state index in [9.17, 15) is 18.0 Å². The van der Waals surface area contributed by atoms with Gasteiger partial charge in [0, 0.05) is 31.4 Å². The zero-order valence-electron chi connectivity index (χ0n) is 18.8. The zero-order valence-corrected chi connectivity index (χ0v) is 19.6. The maximum Gasteiger partial charge on any atom is 0.243 e. The van der Waals surface area contributed by atoms with Crippen molar-refractivity contribution >= 4 is 27.5 Å². The summed E-state index contributed by atoms with van der Waals surface area (Å²) < 4.78 is 28.1. The largest absolute Gasteiger partial charge is 0.351 e. The fourth-order valence-electron chi connectivity index (χ4n) is 4.16. The predicted octanol–water partition coefficient (Wildman–Crippen LogP) is 2.65. The first kappa shape index (κ1) is 22.7. The first-order valence-electron chi connectivity index (χ1n) is 10.6. The topological polar surface area (TPSA) is 86.8 Å². The predicted molar refractivity (Wildman–Crippen MR) is 117 cm³/mol. The molecule has 2 aliphatic heterocycles. The minimum absolute atomic E-state index is 0.0553. The van der Waals surface area contributed by atoms with Crippen LogP contribution in [0.2, 0.25) is 0 Å².